The molecule has 5 heteroatoms. The van der Waals surface area contributed by atoms with Crippen molar-refractivity contribution in [3.05, 3.63) is 24.0 Å². The fourth-order valence-corrected chi connectivity index (χ4v) is 1.66. The maximum Gasteiger partial charge on any atom is 0.389 e. The zero-order valence-corrected chi connectivity index (χ0v) is 10.0. The molecule has 0 fully saturated rings. The lowest BCUT2D eigenvalue weighted by Gasteiger charge is -2.07. The lowest BCUT2D eigenvalue weighted by atomic mass is 10.1. The number of aromatic nitrogens is 1. The van der Waals surface area contributed by atoms with Gasteiger partial charge in [-0.1, -0.05) is 6.92 Å². The summed E-state index contributed by atoms with van der Waals surface area (Å²) >= 11 is 0. The van der Waals surface area contributed by atoms with E-state index < -0.39 is 12.6 Å². The number of hydrogen-bond donors (Lipinski definition) is 1. The van der Waals surface area contributed by atoms with Gasteiger partial charge < -0.3 is 10.3 Å². The molecule has 0 amide bonds. The second-order valence-electron chi connectivity index (χ2n) is 4.35. The summed E-state index contributed by atoms with van der Waals surface area (Å²) in [4.78, 5) is 0. The first-order chi connectivity index (χ1) is 7.90. The molecule has 0 saturated heterocycles. The molecule has 2 nitrogen and oxygen atoms in total. The highest BCUT2D eigenvalue weighted by Gasteiger charge is 2.25. The van der Waals surface area contributed by atoms with Gasteiger partial charge in [-0.2, -0.15) is 13.2 Å². The summed E-state index contributed by atoms with van der Waals surface area (Å²) in [6.07, 6.45) is 0.717. The van der Waals surface area contributed by atoms with Crippen LogP contribution in [0.1, 0.15) is 31.7 Å². The smallest absolute Gasteiger partial charge is 0.354 e. The molecule has 0 radical (unpaired) electrons. The van der Waals surface area contributed by atoms with Crippen LogP contribution in [0, 0.1) is 0 Å². The van der Waals surface area contributed by atoms with Gasteiger partial charge in [0.2, 0.25) is 0 Å². The SMILES string of the molecule is CCC(N)Cc1ccn(CCCC(F)(F)F)c1. The van der Waals surface area contributed by atoms with E-state index >= 15 is 0 Å². The maximum absolute atomic E-state index is 12.0. The number of nitrogens with zero attached hydrogens (tertiary/aromatic N) is 1. The molecule has 98 valence electrons. The van der Waals surface area contributed by atoms with Crippen LogP contribution in [-0.2, 0) is 13.0 Å². The highest BCUT2D eigenvalue weighted by atomic mass is 19.4. The molecule has 0 saturated carbocycles. The third-order valence-corrected chi connectivity index (χ3v) is 2.71. The molecule has 0 aromatic carbocycles. The first-order valence-corrected chi connectivity index (χ1v) is 5.87. The van der Waals surface area contributed by atoms with Crippen LogP contribution < -0.4 is 5.73 Å². The van der Waals surface area contributed by atoms with Crippen molar-refractivity contribution >= 4 is 0 Å². The van der Waals surface area contributed by atoms with E-state index in [1.807, 2.05) is 25.4 Å². The van der Waals surface area contributed by atoms with Crippen molar-refractivity contribution in [3.8, 4) is 0 Å². The zero-order valence-electron chi connectivity index (χ0n) is 10.0. The van der Waals surface area contributed by atoms with E-state index in [-0.39, 0.29) is 12.5 Å². The Morgan fingerprint density at radius 3 is 2.71 bits per heavy atom. The van der Waals surface area contributed by atoms with Gasteiger partial charge in [0.25, 0.3) is 0 Å². The third-order valence-electron chi connectivity index (χ3n) is 2.71. The quantitative estimate of drug-likeness (QED) is 0.824. The third kappa shape index (κ3) is 5.77. The van der Waals surface area contributed by atoms with Gasteiger partial charge in [-0.25, -0.2) is 0 Å². The molecule has 2 N–H and O–H groups in total. The van der Waals surface area contributed by atoms with E-state index in [0.717, 1.165) is 18.4 Å². The largest absolute Gasteiger partial charge is 0.389 e. The fraction of sp³-hybridized carbons (Fsp3) is 0.667. The lowest BCUT2D eigenvalue weighted by molar-refractivity contribution is -0.135. The zero-order chi connectivity index (χ0) is 12.9. The monoisotopic (exact) mass is 248 g/mol. The van der Waals surface area contributed by atoms with Gasteiger partial charge in [-0.15, -0.1) is 0 Å². The highest BCUT2D eigenvalue weighted by Crippen LogP contribution is 2.21. The summed E-state index contributed by atoms with van der Waals surface area (Å²) in [6.45, 7) is 2.42. The van der Waals surface area contributed by atoms with Gasteiger partial charge >= 0.3 is 6.18 Å². The molecule has 1 heterocycles. The average Bonchev–Trinajstić information content (AvgIpc) is 2.63. The van der Waals surface area contributed by atoms with Gasteiger partial charge in [0.05, 0.1) is 0 Å². The molecule has 1 unspecified atom stereocenters. The van der Waals surface area contributed by atoms with Crippen LogP contribution in [0.4, 0.5) is 13.2 Å². The minimum absolute atomic E-state index is 0.122. The topological polar surface area (TPSA) is 30.9 Å². The average molecular weight is 248 g/mol. The lowest BCUT2D eigenvalue weighted by Crippen LogP contribution is -2.21. The summed E-state index contributed by atoms with van der Waals surface area (Å²) < 4.78 is 37.7. The predicted molar refractivity (Wildman–Crippen MR) is 61.7 cm³/mol. The molecule has 0 bridgehead atoms. The summed E-state index contributed by atoms with van der Waals surface area (Å²) in [7, 11) is 0. The number of rotatable bonds is 6. The van der Waals surface area contributed by atoms with Crippen molar-refractivity contribution in [2.75, 3.05) is 0 Å². The van der Waals surface area contributed by atoms with Crippen molar-refractivity contribution in [1.29, 1.82) is 0 Å². The van der Waals surface area contributed by atoms with Gasteiger partial charge in [0.1, 0.15) is 0 Å². The predicted octanol–water partition coefficient (Wildman–Crippen LogP) is 3.11. The Bertz CT molecular complexity index is 331. The van der Waals surface area contributed by atoms with Crippen molar-refractivity contribution in [1.82, 2.24) is 4.57 Å². The normalized spacial score (nSPS) is 13.9. The van der Waals surface area contributed by atoms with Gasteiger partial charge in [0.15, 0.2) is 0 Å². The number of aryl methyl sites for hydroxylation is 1. The molecule has 17 heavy (non-hydrogen) atoms. The van der Waals surface area contributed by atoms with E-state index in [9.17, 15) is 13.2 Å². The Morgan fingerprint density at radius 2 is 2.12 bits per heavy atom. The van der Waals surface area contributed by atoms with Gasteiger partial charge in [0, 0.05) is 31.4 Å². The number of halogens is 3. The summed E-state index contributed by atoms with van der Waals surface area (Å²) in [5.41, 5.74) is 6.90. The molecule has 0 aliphatic heterocycles. The van der Waals surface area contributed by atoms with E-state index in [4.69, 9.17) is 5.73 Å². The summed E-state index contributed by atoms with van der Waals surface area (Å²) in [6, 6.07) is 2.05. The molecule has 1 aromatic heterocycles. The minimum atomic E-state index is -4.06. The Kier molecular flexibility index (Phi) is 5.05. The molecule has 0 aliphatic rings. The second kappa shape index (κ2) is 6.10. The van der Waals surface area contributed by atoms with Crippen molar-refractivity contribution in [2.24, 2.45) is 5.73 Å². The first-order valence-electron chi connectivity index (χ1n) is 5.87. The summed E-state index contributed by atoms with van der Waals surface area (Å²) in [5, 5.41) is 0. The Labute approximate surface area is 99.6 Å². The molecule has 1 atom stereocenters. The van der Waals surface area contributed by atoms with Crippen LogP contribution in [0.3, 0.4) is 0 Å². The fourth-order valence-electron chi connectivity index (χ4n) is 1.66. The molecular formula is C12H19F3N2. The molecule has 0 spiro atoms. The number of nitrogens with two attached hydrogens (primary N) is 1. The Morgan fingerprint density at radius 1 is 1.41 bits per heavy atom. The second-order valence-corrected chi connectivity index (χ2v) is 4.35. The Balaban J connectivity index is 2.36. The first kappa shape index (κ1) is 14.1. The maximum atomic E-state index is 12.0. The standard InChI is InChI=1S/C12H19F3N2/c1-2-11(16)8-10-4-7-17(9-10)6-3-5-12(13,14)15/h4,7,9,11H,2-3,5-6,8,16H2,1H3. The molecule has 1 aromatic rings. The summed E-state index contributed by atoms with van der Waals surface area (Å²) in [5.74, 6) is 0. The van der Waals surface area contributed by atoms with Crippen LogP contribution in [0.5, 0.6) is 0 Å². The molecule has 0 aliphatic carbocycles. The van der Waals surface area contributed by atoms with E-state index in [1.54, 1.807) is 4.57 Å². The number of hydrogen-bond acceptors (Lipinski definition) is 1. The van der Waals surface area contributed by atoms with Crippen LogP contribution in [0.25, 0.3) is 0 Å². The van der Waals surface area contributed by atoms with Crippen LogP contribution in [0.2, 0.25) is 0 Å². The highest BCUT2D eigenvalue weighted by molar-refractivity contribution is 5.11. The van der Waals surface area contributed by atoms with E-state index in [2.05, 4.69) is 0 Å². The molecule has 1 rings (SSSR count). The van der Waals surface area contributed by atoms with Crippen molar-refractivity contribution in [2.45, 2.75) is 51.4 Å². The van der Waals surface area contributed by atoms with Gasteiger partial charge in [-0.05, 0) is 30.9 Å². The van der Waals surface area contributed by atoms with Crippen molar-refractivity contribution in [3.63, 3.8) is 0 Å². The Hall–Kier alpha value is -0.970. The van der Waals surface area contributed by atoms with E-state index in [0.29, 0.717) is 6.54 Å². The van der Waals surface area contributed by atoms with Crippen LogP contribution >= 0.6 is 0 Å². The van der Waals surface area contributed by atoms with Crippen LogP contribution in [0.15, 0.2) is 18.5 Å². The van der Waals surface area contributed by atoms with Gasteiger partial charge in [-0.3, -0.25) is 0 Å². The minimum Gasteiger partial charge on any atom is -0.354 e. The number of alkyl halides is 3. The molecular weight excluding hydrogens is 229 g/mol. The van der Waals surface area contributed by atoms with Crippen LogP contribution in [-0.4, -0.2) is 16.8 Å². The van der Waals surface area contributed by atoms with E-state index in [1.165, 1.54) is 0 Å². The van der Waals surface area contributed by atoms with Crippen molar-refractivity contribution < 1.29 is 13.2 Å².